The van der Waals surface area contributed by atoms with Gasteiger partial charge in [-0.25, -0.2) is 4.98 Å². The first-order valence-corrected chi connectivity index (χ1v) is 6.06. The van der Waals surface area contributed by atoms with Crippen molar-refractivity contribution in [2.75, 3.05) is 11.4 Å². The van der Waals surface area contributed by atoms with Gasteiger partial charge in [0.15, 0.2) is 0 Å². The number of amidine groups is 1. The zero-order valence-electron chi connectivity index (χ0n) is 11.1. The second kappa shape index (κ2) is 5.66. The molecule has 0 saturated carbocycles. The van der Waals surface area contributed by atoms with Crippen LogP contribution in [0.2, 0.25) is 0 Å². The SMILES string of the molecule is CCCN(c1nc(C)ccc1C(=N)N)C(C)C. The predicted octanol–water partition coefficient (Wildman–Crippen LogP) is 2.30. The van der Waals surface area contributed by atoms with Gasteiger partial charge >= 0.3 is 0 Å². The molecule has 0 saturated heterocycles. The van der Waals surface area contributed by atoms with Crippen LogP contribution < -0.4 is 10.6 Å². The fourth-order valence-corrected chi connectivity index (χ4v) is 1.82. The molecule has 0 aliphatic carbocycles. The van der Waals surface area contributed by atoms with Gasteiger partial charge in [0.1, 0.15) is 11.7 Å². The third kappa shape index (κ3) is 3.19. The number of hydrogen-bond donors (Lipinski definition) is 2. The first-order chi connectivity index (χ1) is 7.97. The largest absolute Gasteiger partial charge is 0.384 e. The van der Waals surface area contributed by atoms with Gasteiger partial charge in [-0.2, -0.15) is 0 Å². The summed E-state index contributed by atoms with van der Waals surface area (Å²) < 4.78 is 0. The highest BCUT2D eigenvalue weighted by Crippen LogP contribution is 2.20. The number of nitrogens with two attached hydrogens (primary N) is 1. The Morgan fingerprint density at radius 2 is 2.12 bits per heavy atom. The van der Waals surface area contributed by atoms with Crippen molar-refractivity contribution in [2.45, 2.75) is 40.2 Å². The summed E-state index contributed by atoms with van der Waals surface area (Å²) >= 11 is 0. The highest BCUT2D eigenvalue weighted by atomic mass is 15.2. The van der Waals surface area contributed by atoms with Gasteiger partial charge < -0.3 is 10.6 Å². The van der Waals surface area contributed by atoms with E-state index in [0.717, 1.165) is 30.0 Å². The number of nitrogens with zero attached hydrogens (tertiary/aromatic N) is 2. The molecule has 94 valence electrons. The van der Waals surface area contributed by atoms with Crippen molar-refractivity contribution in [1.82, 2.24) is 4.98 Å². The Hall–Kier alpha value is -1.58. The maximum absolute atomic E-state index is 7.62. The zero-order chi connectivity index (χ0) is 13.0. The number of nitrogens with one attached hydrogen (secondary N) is 1. The molecule has 0 radical (unpaired) electrons. The number of hydrogen-bond acceptors (Lipinski definition) is 3. The van der Waals surface area contributed by atoms with Crippen LogP contribution in [0, 0.1) is 12.3 Å². The normalized spacial score (nSPS) is 10.6. The van der Waals surface area contributed by atoms with Crippen LogP contribution in [-0.2, 0) is 0 Å². The van der Waals surface area contributed by atoms with Gasteiger partial charge in [0.2, 0.25) is 0 Å². The number of rotatable bonds is 5. The number of pyridine rings is 1. The first kappa shape index (κ1) is 13.5. The smallest absolute Gasteiger partial charge is 0.140 e. The van der Waals surface area contributed by atoms with Crippen LogP contribution >= 0.6 is 0 Å². The standard InChI is InChI=1S/C13H22N4/c1-5-8-17(9(2)3)13-11(12(14)15)7-6-10(4)16-13/h6-7,9H,5,8H2,1-4H3,(H3,14,15). The van der Waals surface area contributed by atoms with E-state index in [1.54, 1.807) is 0 Å². The van der Waals surface area contributed by atoms with Gasteiger partial charge in [-0.3, -0.25) is 5.41 Å². The molecule has 4 nitrogen and oxygen atoms in total. The summed E-state index contributed by atoms with van der Waals surface area (Å²) in [5.74, 6) is 0.906. The Bertz CT molecular complexity index is 398. The highest BCUT2D eigenvalue weighted by Gasteiger charge is 2.16. The summed E-state index contributed by atoms with van der Waals surface area (Å²) in [6, 6.07) is 4.12. The summed E-state index contributed by atoms with van der Waals surface area (Å²) in [7, 11) is 0. The van der Waals surface area contributed by atoms with Crippen molar-refractivity contribution in [1.29, 1.82) is 5.41 Å². The third-order valence-corrected chi connectivity index (χ3v) is 2.66. The Labute approximate surface area is 103 Å². The minimum Gasteiger partial charge on any atom is -0.384 e. The van der Waals surface area contributed by atoms with Crippen LogP contribution in [0.25, 0.3) is 0 Å². The topological polar surface area (TPSA) is 66.0 Å². The summed E-state index contributed by atoms with van der Waals surface area (Å²) in [4.78, 5) is 6.74. The fourth-order valence-electron chi connectivity index (χ4n) is 1.82. The van der Waals surface area contributed by atoms with E-state index >= 15 is 0 Å². The van der Waals surface area contributed by atoms with E-state index in [0.29, 0.717) is 6.04 Å². The Kier molecular flexibility index (Phi) is 4.49. The molecule has 0 aliphatic heterocycles. The number of nitrogen functional groups attached to an aromatic ring is 1. The Morgan fingerprint density at radius 1 is 1.47 bits per heavy atom. The molecule has 0 amide bonds. The molecule has 0 atom stereocenters. The monoisotopic (exact) mass is 234 g/mol. The average Bonchev–Trinajstić information content (AvgIpc) is 2.24. The zero-order valence-corrected chi connectivity index (χ0v) is 11.1. The quantitative estimate of drug-likeness (QED) is 0.607. The fraction of sp³-hybridized carbons (Fsp3) is 0.538. The molecule has 17 heavy (non-hydrogen) atoms. The number of anilines is 1. The number of aryl methyl sites for hydroxylation is 1. The van der Waals surface area contributed by atoms with Gasteiger partial charge in [0.05, 0.1) is 5.56 Å². The molecule has 0 aliphatic rings. The van der Waals surface area contributed by atoms with Gasteiger partial charge in [-0.1, -0.05) is 6.92 Å². The van der Waals surface area contributed by atoms with Crippen molar-refractivity contribution in [2.24, 2.45) is 5.73 Å². The van der Waals surface area contributed by atoms with Gasteiger partial charge in [0, 0.05) is 18.3 Å². The van der Waals surface area contributed by atoms with E-state index in [4.69, 9.17) is 11.1 Å². The lowest BCUT2D eigenvalue weighted by Crippen LogP contribution is -2.34. The summed E-state index contributed by atoms with van der Waals surface area (Å²) in [5, 5.41) is 7.62. The average molecular weight is 234 g/mol. The number of aromatic nitrogens is 1. The highest BCUT2D eigenvalue weighted by molar-refractivity contribution is 5.99. The van der Waals surface area contributed by atoms with Crippen molar-refractivity contribution in [3.05, 3.63) is 23.4 Å². The summed E-state index contributed by atoms with van der Waals surface area (Å²) in [6.45, 7) is 9.28. The molecule has 0 fully saturated rings. The van der Waals surface area contributed by atoms with E-state index in [1.807, 2.05) is 19.1 Å². The summed E-state index contributed by atoms with van der Waals surface area (Å²) in [6.07, 6.45) is 1.05. The minimum atomic E-state index is 0.0780. The van der Waals surface area contributed by atoms with Crippen molar-refractivity contribution in [3.8, 4) is 0 Å². The molecule has 0 unspecified atom stereocenters. The second-order valence-corrected chi connectivity index (χ2v) is 4.52. The lowest BCUT2D eigenvalue weighted by molar-refractivity contribution is 0.660. The van der Waals surface area contributed by atoms with Crippen LogP contribution in [0.4, 0.5) is 5.82 Å². The first-order valence-electron chi connectivity index (χ1n) is 6.06. The van der Waals surface area contributed by atoms with Crippen molar-refractivity contribution < 1.29 is 0 Å². The van der Waals surface area contributed by atoms with E-state index in [2.05, 4.69) is 30.7 Å². The lowest BCUT2D eigenvalue weighted by atomic mass is 10.1. The minimum absolute atomic E-state index is 0.0780. The Balaban J connectivity index is 3.24. The molecule has 0 spiro atoms. The van der Waals surface area contributed by atoms with E-state index in [9.17, 15) is 0 Å². The molecule has 1 aromatic rings. The molecule has 0 aromatic carbocycles. The van der Waals surface area contributed by atoms with Crippen LogP contribution in [0.3, 0.4) is 0 Å². The van der Waals surface area contributed by atoms with E-state index < -0.39 is 0 Å². The molecular weight excluding hydrogens is 212 g/mol. The maximum atomic E-state index is 7.62. The molecule has 1 heterocycles. The third-order valence-electron chi connectivity index (χ3n) is 2.66. The molecule has 4 heteroatoms. The molecule has 0 bridgehead atoms. The molecule has 3 N–H and O–H groups in total. The van der Waals surface area contributed by atoms with Gasteiger partial charge in [-0.05, 0) is 39.3 Å². The predicted molar refractivity (Wildman–Crippen MR) is 72.8 cm³/mol. The van der Waals surface area contributed by atoms with Crippen LogP contribution in [-0.4, -0.2) is 23.4 Å². The van der Waals surface area contributed by atoms with Crippen LogP contribution in [0.15, 0.2) is 12.1 Å². The van der Waals surface area contributed by atoms with E-state index in [1.165, 1.54) is 0 Å². The van der Waals surface area contributed by atoms with Gasteiger partial charge in [-0.15, -0.1) is 0 Å². The van der Waals surface area contributed by atoms with Crippen molar-refractivity contribution in [3.63, 3.8) is 0 Å². The van der Waals surface area contributed by atoms with Crippen LogP contribution in [0.5, 0.6) is 0 Å². The molecular formula is C13H22N4. The lowest BCUT2D eigenvalue weighted by Gasteiger charge is -2.29. The molecule has 1 rings (SSSR count). The van der Waals surface area contributed by atoms with Crippen molar-refractivity contribution >= 4 is 11.7 Å². The van der Waals surface area contributed by atoms with Crippen LogP contribution in [0.1, 0.15) is 38.4 Å². The maximum Gasteiger partial charge on any atom is 0.140 e. The van der Waals surface area contributed by atoms with E-state index in [-0.39, 0.29) is 5.84 Å². The second-order valence-electron chi connectivity index (χ2n) is 4.52. The summed E-state index contributed by atoms with van der Waals surface area (Å²) in [5.41, 5.74) is 7.29. The molecule has 1 aromatic heterocycles. The van der Waals surface area contributed by atoms with Gasteiger partial charge in [0.25, 0.3) is 0 Å². The Morgan fingerprint density at radius 3 is 2.59 bits per heavy atom.